The summed E-state index contributed by atoms with van der Waals surface area (Å²) < 4.78 is 6.93. The van der Waals surface area contributed by atoms with Crippen LogP contribution in [-0.4, -0.2) is 44.2 Å². The highest BCUT2D eigenvalue weighted by molar-refractivity contribution is 9.10. The molecule has 1 aliphatic heterocycles. The number of piperidine rings is 1. The molecule has 0 aromatic heterocycles. The molecule has 1 unspecified atom stereocenters. The van der Waals surface area contributed by atoms with Crippen LogP contribution >= 0.6 is 15.9 Å². The van der Waals surface area contributed by atoms with Crippen LogP contribution < -0.4 is 10.1 Å². The van der Waals surface area contributed by atoms with Crippen molar-refractivity contribution in [3.63, 3.8) is 0 Å². The third kappa shape index (κ3) is 6.37. The molecule has 1 aromatic carbocycles. The van der Waals surface area contributed by atoms with Gasteiger partial charge in [-0.2, -0.15) is 0 Å². The van der Waals surface area contributed by atoms with E-state index in [2.05, 4.69) is 33.1 Å². The Labute approximate surface area is 137 Å². The molecule has 0 bridgehead atoms. The van der Waals surface area contributed by atoms with Gasteiger partial charge < -0.3 is 10.1 Å². The van der Waals surface area contributed by atoms with E-state index in [1.165, 1.54) is 45.4 Å². The molecule has 0 spiro atoms. The fourth-order valence-electron chi connectivity index (χ4n) is 2.90. The van der Waals surface area contributed by atoms with Crippen molar-refractivity contribution in [3.05, 3.63) is 28.7 Å². The second kappa shape index (κ2) is 9.44. The lowest BCUT2D eigenvalue weighted by Crippen LogP contribution is -2.40. The van der Waals surface area contributed by atoms with Gasteiger partial charge in [-0.15, -0.1) is 0 Å². The van der Waals surface area contributed by atoms with E-state index in [-0.39, 0.29) is 0 Å². The molecule has 21 heavy (non-hydrogen) atoms. The van der Waals surface area contributed by atoms with E-state index in [4.69, 9.17) is 4.74 Å². The number of benzene rings is 1. The van der Waals surface area contributed by atoms with Crippen molar-refractivity contribution in [3.8, 4) is 5.75 Å². The van der Waals surface area contributed by atoms with E-state index in [1.54, 1.807) is 0 Å². The molecule has 2 rings (SSSR count). The largest absolute Gasteiger partial charge is 0.492 e. The smallest absolute Gasteiger partial charge is 0.120 e. The number of ether oxygens (including phenoxy) is 1. The molecular formula is C17H27BrN2O. The predicted octanol–water partition coefficient (Wildman–Crippen LogP) is 3.54. The summed E-state index contributed by atoms with van der Waals surface area (Å²) in [5.41, 5.74) is 0. The number of hydrogen-bond donors (Lipinski definition) is 1. The van der Waals surface area contributed by atoms with Crippen molar-refractivity contribution in [2.24, 2.45) is 5.92 Å². The predicted molar refractivity (Wildman–Crippen MR) is 92.0 cm³/mol. The van der Waals surface area contributed by atoms with Crippen LogP contribution in [0.1, 0.15) is 26.2 Å². The van der Waals surface area contributed by atoms with E-state index in [1.807, 2.05) is 24.3 Å². The third-order valence-corrected chi connectivity index (χ3v) is 4.42. The van der Waals surface area contributed by atoms with Gasteiger partial charge in [0.1, 0.15) is 12.4 Å². The van der Waals surface area contributed by atoms with Gasteiger partial charge in [0.2, 0.25) is 0 Å². The highest BCUT2D eigenvalue weighted by Gasteiger charge is 2.16. The summed E-state index contributed by atoms with van der Waals surface area (Å²) >= 11 is 3.48. The highest BCUT2D eigenvalue weighted by Crippen LogP contribution is 2.18. The SMILES string of the molecule is CCCN(CCOc1cccc(Br)c1)CC1CCCNC1. The van der Waals surface area contributed by atoms with Crippen LogP contribution in [-0.2, 0) is 0 Å². The molecule has 1 atom stereocenters. The molecular weight excluding hydrogens is 328 g/mol. The van der Waals surface area contributed by atoms with Crippen molar-refractivity contribution in [1.29, 1.82) is 0 Å². The van der Waals surface area contributed by atoms with Crippen LogP contribution in [0.4, 0.5) is 0 Å². The molecule has 1 aliphatic rings. The van der Waals surface area contributed by atoms with Gasteiger partial charge >= 0.3 is 0 Å². The van der Waals surface area contributed by atoms with E-state index in [0.717, 1.165) is 29.3 Å². The molecule has 118 valence electrons. The summed E-state index contributed by atoms with van der Waals surface area (Å²) in [7, 11) is 0. The summed E-state index contributed by atoms with van der Waals surface area (Å²) in [6.07, 6.45) is 3.88. The Morgan fingerprint density at radius 3 is 3.00 bits per heavy atom. The van der Waals surface area contributed by atoms with Crippen molar-refractivity contribution < 1.29 is 4.74 Å². The van der Waals surface area contributed by atoms with Crippen LogP contribution in [0.3, 0.4) is 0 Å². The second-order valence-electron chi connectivity index (χ2n) is 5.82. The Kier molecular flexibility index (Phi) is 7.54. The van der Waals surface area contributed by atoms with Crippen LogP contribution in [0.2, 0.25) is 0 Å². The Hall–Kier alpha value is -0.580. The molecule has 1 fully saturated rings. The van der Waals surface area contributed by atoms with Gasteiger partial charge in [-0.05, 0) is 63.0 Å². The normalized spacial score (nSPS) is 18.9. The first-order valence-electron chi connectivity index (χ1n) is 8.09. The van der Waals surface area contributed by atoms with Gasteiger partial charge in [0.25, 0.3) is 0 Å². The van der Waals surface area contributed by atoms with Gasteiger partial charge in [0, 0.05) is 17.6 Å². The van der Waals surface area contributed by atoms with Crippen molar-refractivity contribution in [2.45, 2.75) is 26.2 Å². The molecule has 0 amide bonds. The monoisotopic (exact) mass is 354 g/mol. The van der Waals surface area contributed by atoms with Gasteiger partial charge in [-0.1, -0.05) is 28.9 Å². The number of halogens is 1. The molecule has 4 heteroatoms. The van der Waals surface area contributed by atoms with Crippen LogP contribution in [0.5, 0.6) is 5.75 Å². The lowest BCUT2D eigenvalue weighted by atomic mass is 9.99. The molecule has 1 saturated heterocycles. The zero-order valence-electron chi connectivity index (χ0n) is 13.0. The van der Waals surface area contributed by atoms with Crippen molar-refractivity contribution in [2.75, 3.05) is 39.3 Å². The molecule has 1 aromatic rings. The Balaban J connectivity index is 1.73. The van der Waals surface area contributed by atoms with Crippen molar-refractivity contribution in [1.82, 2.24) is 10.2 Å². The van der Waals surface area contributed by atoms with E-state index in [9.17, 15) is 0 Å². The minimum atomic E-state index is 0.761. The van der Waals surface area contributed by atoms with Crippen LogP contribution in [0.25, 0.3) is 0 Å². The summed E-state index contributed by atoms with van der Waals surface area (Å²) in [4.78, 5) is 2.55. The fourth-order valence-corrected chi connectivity index (χ4v) is 3.28. The zero-order chi connectivity index (χ0) is 14.9. The summed E-state index contributed by atoms with van der Waals surface area (Å²) in [5.74, 6) is 1.75. The van der Waals surface area contributed by atoms with E-state index in [0.29, 0.717) is 0 Å². The maximum Gasteiger partial charge on any atom is 0.120 e. The number of nitrogens with one attached hydrogen (secondary N) is 1. The summed E-state index contributed by atoms with van der Waals surface area (Å²) in [6, 6.07) is 8.07. The summed E-state index contributed by atoms with van der Waals surface area (Å²) in [6.45, 7) is 8.75. The van der Waals surface area contributed by atoms with E-state index < -0.39 is 0 Å². The second-order valence-corrected chi connectivity index (χ2v) is 6.73. The maximum atomic E-state index is 5.87. The topological polar surface area (TPSA) is 24.5 Å². The number of nitrogens with zero attached hydrogens (tertiary/aromatic N) is 1. The molecule has 0 saturated carbocycles. The van der Waals surface area contributed by atoms with Gasteiger partial charge in [0.05, 0.1) is 0 Å². The zero-order valence-corrected chi connectivity index (χ0v) is 14.6. The lowest BCUT2D eigenvalue weighted by molar-refractivity contribution is 0.173. The van der Waals surface area contributed by atoms with Gasteiger partial charge in [-0.25, -0.2) is 0 Å². The molecule has 0 aliphatic carbocycles. The first-order chi connectivity index (χ1) is 10.3. The Bertz CT molecular complexity index is 408. The Morgan fingerprint density at radius 1 is 1.38 bits per heavy atom. The summed E-state index contributed by atoms with van der Waals surface area (Å²) in [5, 5.41) is 3.51. The minimum absolute atomic E-state index is 0.761. The van der Waals surface area contributed by atoms with E-state index >= 15 is 0 Å². The molecule has 3 nitrogen and oxygen atoms in total. The van der Waals surface area contributed by atoms with Gasteiger partial charge in [0.15, 0.2) is 0 Å². The lowest BCUT2D eigenvalue weighted by Gasteiger charge is -2.29. The third-order valence-electron chi connectivity index (χ3n) is 3.93. The quantitative estimate of drug-likeness (QED) is 0.772. The Morgan fingerprint density at radius 2 is 2.29 bits per heavy atom. The number of hydrogen-bond acceptors (Lipinski definition) is 3. The average Bonchev–Trinajstić information content (AvgIpc) is 2.48. The number of rotatable bonds is 8. The molecule has 0 radical (unpaired) electrons. The van der Waals surface area contributed by atoms with Gasteiger partial charge in [-0.3, -0.25) is 4.90 Å². The fraction of sp³-hybridized carbons (Fsp3) is 0.647. The van der Waals surface area contributed by atoms with Crippen molar-refractivity contribution >= 4 is 15.9 Å². The first kappa shape index (κ1) is 16.8. The van der Waals surface area contributed by atoms with Crippen LogP contribution in [0, 0.1) is 5.92 Å². The minimum Gasteiger partial charge on any atom is -0.492 e. The maximum absolute atomic E-state index is 5.87. The molecule has 1 N–H and O–H groups in total. The standard InChI is InChI=1S/C17H27BrN2O/c1-2-9-20(14-15-5-4-8-19-13-15)10-11-21-17-7-3-6-16(18)12-17/h3,6-7,12,15,19H,2,4-5,8-11,13-14H2,1H3. The first-order valence-corrected chi connectivity index (χ1v) is 8.88. The highest BCUT2D eigenvalue weighted by atomic mass is 79.9. The van der Waals surface area contributed by atoms with Crippen LogP contribution in [0.15, 0.2) is 28.7 Å². The average molecular weight is 355 g/mol. The molecule has 1 heterocycles.